The molecule has 0 saturated carbocycles. The fourth-order valence-corrected chi connectivity index (χ4v) is 3.27. The third-order valence-corrected chi connectivity index (χ3v) is 4.03. The van der Waals surface area contributed by atoms with Crippen LogP contribution in [0.3, 0.4) is 0 Å². The van der Waals surface area contributed by atoms with E-state index in [9.17, 15) is 0 Å². The molecular formula is C14H20BrNO2. The Hall–Kier alpha value is -0.420. The van der Waals surface area contributed by atoms with Gasteiger partial charge in [-0.3, -0.25) is 0 Å². The van der Waals surface area contributed by atoms with Gasteiger partial charge in [-0.15, -0.1) is 0 Å². The molecular weight excluding hydrogens is 294 g/mol. The number of rotatable bonds is 3. The fourth-order valence-electron chi connectivity index (χ4n) is 2.43. The van der Waals surface area contributed by atoms with Crippen LogP contribution < -0.4 is 5.32 Å². The molecule has 1 aliphatic rings. The van der Waals surface area contributed by atoms with Crippen molar-refractivity contribution in [1.82, 2.24) is 5.32 Å². The van der Waals surface area contributed by atoms with Gasteiger partial charge in [0.15, 0.2) is 0 Å². The number of benzene rings is 1. The van der Waals surface area contributed by atoms with E-state index >= 15 is 0 Å². The van der Waals surface area contributed by atoms with Crippen LogP contribution in [0.1, 0.15) is 16.7 Å². The summed E-state index contributed by atoms with van der Waals surface area (Å²) in [5.74, 6) is 0. The maximum Gasteiger partial charge on any atom is 0.0934 e. The largest absolute Gasteiger partial charge is 0.394 e. The summed E-state index contributed by atoms with van der Waals surface area (Å²) in [6, 6.07) is 4.34. The predicted molar refractivity (Wildman–Crippen MR) is 75.9 cm³/mol. The van der Waals surface area contributed by atoms with E-state index in [0.29, 0.717) is 0 Å². The van der Waals surface area contributed by atoms with Gasteiger partial charge in [0.2, 0.25) is 0 Å². The van der Waals surface area contributed by atoms with E-state index < -0.39 is 0 Å². The second kappa shape index (κ2) is 6.15. The molecule has 2 unspecified atom stereocenters. The molecule has 1 heterocycles. The first-order valence-electron chi connectivity index (χ1n) is 6.32. The lowest BCUT2D eigenvalue weighted by molar-refractivity contribution is -0.0596. The van der Waals surface area contributed by atoms with Crippen LogP contribution in [0.25, 0.3) is 0 Å². The first-order chi connectivity index (χ1) is 8.60. The summed E-state index contributed by atoms with van der Waals surface area (Å²) in [6.45, 7) is 5.89. The summed E-state index contributed by atoms with van der Waals surface area (Å²) in [5, 5.41) is 12.5. The molecule has 1 aliphatic heterocycles. The van der Waals surface area contributed by atoms with Crippen molar-refractivity contribution in [1.29, 1.82) is 0 Å². The smallest absolute Gasteiger partial charge is 0.0934 e. The minimum absolute atomic E-state index is 0.0757. The van der Waals surface area contributed by atoms with E-state index in [1.807, 2.05) is 0 Å². The van der Waals surface area contributed by atoms with Gasteiger partial charge in [0.1, 0.15) is 0 Å². The lowest BCUT2D eigenvalue weighted by Crippen LogP contribution is -2.47. The number of aryl methyl sites for hydroxylation is 2. The van der Waals surface area contributed by atoms with E-state index in [1.165, 1.54) is 16.7 Å². The fraction of sp³-hybridized carbons (Fsp3) is 0.571. The topological polar surface area (TPSA) is 41.5 Å². The number of ether oxygens (including phenoxy) is 1. The molecule has 1 aromatic rings. The Kier molecular flexibility index (Phi) is 4.78. The number of morpholine rings is 1. The van der Waals surface area contributed by atoms with Crippen molar-refractivity contribution in [3.05, 3.63) is 33.3 Å². The van der Waals surface area contributed by atoms with Gasteiger partial charge in [0, 0.05) is 24.0 Å². The van der Waals surface area contributed by atoms with Crippen molar-refractivity contribution in [2.75, 3.05) is 19.7 Å². The standard InChI is InChI=1S/C14H20BrNO2/c1-9-3-10(2)13(14(15)4-9)5-11-6-16-7-12(8-17)18-11/h3-4,11-12,16-17H,5-8H2,1-2H3. The molecule has 0 aliphatic carbocycles. The zero-order chi connectivity index (χ0) is 13.1. The van der Waals surface area contributed by atoms with Crippen molar-refractivity contribution in [3.63, 3.8) is 0 Å². The minimum atomic E-state index is -0.0757. The molecule has 2 N–H and O–H groups in total. The summed E-state index contributed by atoms with van der Waals surface area (Å²) >= 11 is 3.63. The van der Waals surface area contributed by atoms with Crippen molar-refractivity contribution in [2.24, 2.45) is 0 Å². The maximum absolute atomic E-state index is 9.15. The van der Waals surface area contributed by atoms with Crippen molar-refractivity contribution >= 4 is 15.9 Å². The Morgan fingerprint density at radius 2 is 2.06 bits per heavy atom. The summed E-state index contributed by atoms with van der Waals surface area (Å²) in [4.78, 5) is 0. The summed E-state index contributed by atoms with van der Waals surface area (Å²) in [5.41, 5.74) is 3.85. The molecule has 1 fully saturated rings. The zero-order valence-electron chi connectivity index (χ0n) is 10.9. The molecule has 2 atom stereocenters. The molecule has 0 amide bonds. The molecule has 0 spiro atoms. The Morgan fingerprint density at radius 1 is 1.33 bits per heavy atom. The van der Waals surface area contributed by atoms with Crippen LogP contribution in [-0.4, -0.2) is 37.0 Å². The van der Waals surface area contributed by atoms with Gasteiger partial charge < -0.3 is 15.2 Å². The lowest BCUT2D eigenvalue weighted by Gasteiger charge is -2.30. The lowest BCUT2D eigenvalue weighted by atomic mass is 9.99. The molecule has 1 aromatic carbocycles. The van der Waals surface area contributed by atoms with Gasteiger partial charge in [-0.25, -0.2) is 0 Å². The first kappa shape index (κ1) is 14.0. The van der Waals surface area contributed by atoms with Gasteiger partial charge in [0.05, 0.1) is 18.8 Å². The van der Waals surface area contributed by atoms with Gasteiger partial charge in [-0.05, 0) is 36.6 Å². The van der Waals surface area contributed by atoms with E-state index in [2.05, 4.69) is 47.2 Å². The Labute approximate surface area is 117 Å². The van der Waals surface area contributed by atoms with Crippen LogP contribution >= 0.6 is 15.9 Å². The minimum Gasteiger partial charge on any atom is -0.394 e. The number of hydrogen-bond donors (Lipinski definition) is 2. The van der Waals surface area contributed by atoms with E-state index in [-0.39, 0.29) is 18.8 Å². The number of hydrogen-bond acceptors (Lipinski definition) is 3. The van der Waals surface area contributed by atoms with Crippen LogP contribution in [0.15, 0.2) is 16.6 Å². The number of halogens is 1. The average Bonchev–Trinajstić information content (AvgIpc) is 2.34. The van der Waals surface area contributed by atoms with Crippen LogP contribution in [0, 0.1) is 13.8 Å². The number of nitrogens with one attached hydrogen (secondary N) is 1. The number of aliphatic hydroxyl groups is 1. The second-order valence-corrected chi connectivity index (χ2v) is 5.82. The molecule has 0 radical (unpaired) electrons. The molecule has 2 rings (SSSR count). The highest BCUT2D eigenvalue weighted by Gasteiger charge is 2.22. The third-order valence-electron chi connectivity index (χ3n) is 3.33. The molecule has 3 nitrogen and oxygen atoms in total. The molecule has 0 bridgehead atoms. The maximum atomic E-state index is 9.15. The second-order valence-electron chi connectivity index (χ2n) is 4.97. The van der Waals surface area contributed by atoms with E-state index in [1.54, 1.807) is 0 Å². The Morgan fingerprint density at radius 3 is 2.72 bits per heavy atom. The first-order valence-corrected chi connectivity index (χ1v) is 7.12. The molecule has 100 valence electrons. The van der Waals surface area contributed by atoms with Crippen LogP contribution in [0.5, 0.6) is 0 Å². The number of aliphatic hydroxyl groups excluding tert-OH is 1. The predicted octanol–water partition coefficient (Wildman–Crippen LogP) is 1.96. The van der Waals surface area contributed by atoms with Gasteiger partial charge >= 0.3 is 0 Å². The molecule has 1 saturated heterocycles. The average molecular weight is 314 g/mol. The van der Waals surface area contributed by atoms with Gasteiger partial charge in [0.25, 0.3) is 0 Å². The zero-order valence-corrected chi connectivity index (χ0v) is 12.5. The van der Waals surface area contributed by atoms with Crippen molar-refractivity contribution in [2.45, 2.75) is 32.5 Å². The quantitative estimate of drug-likeness (QED) is 0.896. The summed E-state index contributed by atoms with van der Waals surface area (Å²) in [7, 11) is 0. The van der Waals surface area contributed by atoms with Crippen molar-refractivity contribution < 1.29 is 9.84 Å². The molecule has 4 heteroatoms. The normalized spacial score (nSPS) is 24.2. The summed E-state index contributed by atoms with van der Waals surface area (Å²) < 4.78 is 6.99. The molecule has 0 aromatic heterocycles. The highest BCUT2D eigenvalue weighted by Crippen LogP contribution is 2.25. The van der Waals surface area contributed by atoms with Crippen molar-refractivity contribution in [3.8, 4) is 0 Å². The van der Waals surface area contributed by atoms with E-state index in [4.69, 9.17) is 9.84 Å². The van der Waals surface area contributed by atoms with Crippen LogP contribution in [-0.2, 0) is 11.2 Å². The molecule has 18 heavy (non-hydrogen) atoms. The highest BCUT2D eigenvalue weighted by atomic mass is 79.9. The van der Waals surface area contributed by atoms with Gasteiger partial charge in [-0.1, -0.05) is 22.0 Å². The van der Waals surface area contributed by atoms with Crippen LogP contribution in [0.4, 0.5) is 0 Å². The Balaban J connectivity index is 2.09. The van der Waals surface area contributed by atoms with Crippen LogP contribution in [0.2, 0.25) is 0 Å². The summed E-state index contributed by atoms with van der Waals surface area (Å²) in [6.07, 6.45) is 0.929. The Bertz CT molecular complexity index is 399. The third kappa shape index (κ3) is 3.32. The highest BCUT2D eigenvalue weighted by molar-refractivity contribution is 9.10. The van der Waals surface area contributed by atoms with Gasteiger partial charge in [-0.2, -0.15) is 0 Å². The monoisotopic (exact) mass is 313 g/mol. The SMILES string of the molecule is Cc1cc(C)c(CC2CNCC(CO)O2)c(Br)c1. The van der Waals surface area contributed by atoms with E-state index in [0.717, 1.165) is 24.0 Å².